The Balaban J connectivity index is 0.000000805. The number of nitrogens with zero attached hydrogens (tertiary/aromatic N) is 2. The number of para-hydroxylation sites is 2. The molecule has 0 bridgehead atoms. The van der Waals surface area contributed by atoms with E-state index in [0.717, 1.165) is 84.5 Å². The van der Waals surface area contributed by atoms with Crippen LogP contribution >= 0.6 is 18.1 Å². The van der Waals surface area contributed by atoms with Gasteiger partial charge in [-0.05, 0) is 104 Å². The van der Waals surface area contributed by atoms with E-state index in [1.807, 2.05) is 80.3 Å². The number of hydrogen-bond acceptors (Lipinski definition) is 17. The number of benzene rings is 4. The predicted octanol–water partition coefficient (Wildman–Crippen LogP) is 7.41. The molecule has 88 heavy (non-hydrogen) atoms. The quantitative estimate of drug-likeness (QED) is 0.00659. The van der Waals surface area contributed by atoms with Gasteiger partial charge in [0.1, 0.15) is 6.04 Å². The van der Waals surface area contributed by atoms with Gasteiger partial charge in [0.05, 0.1) is 112 Å². The summed E-state index contributed by atoms with van der Waals surface area (Å²) in [5, 5.41) is 23.3. The zero-order chi connectivity index (χ0) is 64.1. The number of hydrogen-bond donors (Lipinski definition) is 10. The van der Waals surface area contributed by atoms with Gasteiger partial charge in [-0.2, -0.15) is 0 Å². The normalized spacial score (nSPS) is 14.4. The second-order valence-corrected chi connectivity index (χ2v) is 23.3. The van der Waals surface area contributed by atoms with Crippen molar-refractivity contribution in [3.63, 3.8) is 0 Å². The van der Waals surface area contributed by atoms with Crippen LogP contribution in [0.4, 0.5) is 17.1 Å². The lowest BCUT2D eigenvalue weighted by Gasteiger charge is -2.33. The summed E-state index contributed by atoms with van der Waals surface area (Å²) in [7, 11) is 1.00. The van der Waals surface area contributed by atoms with Crippen LogP contribution in [0.5, 0.6) is 0 Å². The standard InChI is InChI=1S/C52H62N8O9S.C7H16NO4PS.C2H6.CH4O/c1-2-11-47(62)59-34-35-12-3-4-13-38(35)49(48(53)40-15-6-8-18-43(40)59)60(54)23-25-67-27-29-69-31-30-68-28-26-66-24-21-46(61)56-37-19-20-44-36(32-37)33-45(70-44)52(65)57-41-16-7-5-14-39(41)50(63)58-42-17-9-10-22-55-51(42)64;9-7-8-5-3-1-2-4-6-12-13(10,11)14;2*1-2/h3-8,12-16,18-20,32-33,42H,2,9-11,17,21-31,34,53-54H2,1H3,(H,55,64)(H,56,61)(H,57,65)(H,58,63);7H,1-6H2,(H,8,9)(H2,10,11,14);1-2H3;2H,1H3/b49-48-;;;. The Morgan fingerprint density at radius 3 is 2.14 bits per heavy atom. The van der Waals surface area contributed by atoms with Gasteiger partial charge < -0.3 is 80.6 Å². The summed E-state index contributed by atoms with van der Waals surface area (Å²) in [5.41, 5.74) is 12.5. The van der Waals surface area contributed by atoms with Crippen LogP contribution in [0.3, 0.4) is 0 Å². The number of unbranched alkanes of at least 4 members (excludes halogenated alkanes) is 3. The summed E-state index contributed by atoms with van der Waals surface area (Å²) < 4.78 is 28.2. The van der Waals surface area contributed by atoms with Gasteiger partial charge in [-0.3, -0.25) is 28.8 Å². The van der Waals surface area contributed by atoms with E-state index in [1.165, 1.54) is 11.3 Å². The number of anilines is 3. The van der Waals surface area contributed by atoms with Gasteiger partial charge in [-0.15, -0.1) is 11.3 Å². The minimum absolute atomic E-state index is 0.0426. The molecule has 0 spiro atoms. The molecule has 5 aromatic rings. The summed E-state index contributed by atoms with van der Waals surface area (Å²) >= 11 is 5.56. The van der Waals surface area contributed by atoms with Crippen LogP contribution in [-0.2, 0) is 61.0 Å². The van der Waals surface area contributed by atoms with Crippen LogP contribution in [0.2, 0.25) is 0 Å². The minimum atomic E-state index is -3.46. The van der Waals surface area contributed by atoms with Crippen molar-refractivity contribution in [1.29, 1.82) is 0 Å². The van der Waals surface area contributed by atoms with E-state index in [1.54, 1.807) is 47.5 Å². The summed E-state index contributed by atoms with van der Waals surface area (Å²) in [5.74, 6) is 5.45. The zero-order valence-corrected chi connectivity index (χ0v) is 53.3. The molecule has 482 valence electrons. The first-order valence-electron chi connectivity index (χ1n) is 29.6. The fraction of sp³-hybridized carbons (Fsp3) is 0.452. The number of thiophene rings is 1. The number of carbonyl (C=O) groups excluding carboxylic acids is 6. The molecule has 0 aliphatic carbocycles. The second kappa shape index (κ2) is 41.5. The third-order valence-electron chi connectivity index (χ3n) is 13.3. The zero-order valence-electron chi connectivity index (χ0n) is 50.8. The number of aliphatic hydroxyl groups excluding tert-OH is 1. The molecule has 1 unspecified atom stereocenters. The molecule has 2 aliphatic rings. The molecule has 1 fully saturated rings. The number of carbonyl (C=O) groups is 6. The van der Waals surface area contributed by atoms with Crippen LogP contribution in [0.15, 0.2) is 97.1 Å². The van der Waals surface area contributed by atoms with Crippen molar-refractivity contribution in [2.24, 2.45) is 11.6 Å². The lowest BCUT2D eigenvalue weighted by Crippen LogP contribution is -2.45. The highest BCUT2D eigenvalue weighted by Gasteiger charge is 2.28. The van der Waals surface area contributed by atoms with Crippen molar-refractivity contribution in [3.05, 3.63) is 124 Å². The first-order valence-corrected chi connectivity index (χ1v) is 33.1. The van der Waals surface area contributed by atoms with Crippen LogP contribution in [0.25, 0.3) is 21.5 Å². The van der Waals surface area contributed by atoms with E-state index in [0.29, 0.717) is 119 Å². The van der Waals surface area contributed by atoms with E-state index in [-0.39, 0.29) is 48.8 Å². The molecule has 7 rings (SSSR count). The number of fused-ring (bicyclic) bond motifs is 3. The van der Waals surface area contributed by atoms with Crippen LogP contribution < -0.4 is 43.1 Å². The first kappa shape index (κ1) is 73.8. The Kier molecular flexibility index (Phi) is 34.8. The molecular formula is C62H88N9O14PS2. The molecule has 1 aromatic heterocycles. The van der Waals surface area contributed by atoms with E-state index in [9.17, 15) is 28.8 Å². The SMILES string of the molecule is CC.CCCC(=O)N1Cc2ccccc2/C(N(N)CCOCCOCCOCCOCCC(=O)Nc2ccc3sc(C(=O)Nc4ccccc4C(=O)NC4CCCCNC4=O)cc3c2)=C(/N)c2ccccc21.CO.O=CNCCCCCCOP(O)(O)=S. The Bertz CT molecular complexity index is 3050. The Morgan fingerprint density at radius 2 is 1.43 bits per heavy atom. The maximum absolute atomic E-state index is 13.4. The van der Waals surface area contributed by atoms with Crippen LogP contribution in [-0.4, -0.2) is 148 Å². The minimum Gasteiger partial charge on any atom is -0.400 e. The van der Waals surface area contributed by atoms with Gasteiger partial charge in [0, 0.05) is 48.1 Å². The van der Waals surface area contributed by atoms with Gasteiger partial charge in [0.2, 0.25) is 24.1 Å². The maximum atomic E-state index is 13.4. The fourth-order valence-electron chi connectivity index (χ4n) is 9.10. The van der Waals surface area contributed by atoms with Crippen molar-refractivity contribution >= 4 is 104 Å². The topological polar surface area (TPSA) is 328 Å². The van der Waals surface area contributed by atoms with Crippen LogP contribution in [0, 0.1) is 0 Å². The van der Waals surface area contributed by atoms with Gasteiger partial charge >= 0.3 is 6.72 Å². The number of nitrogens with two attached hydrogens (primary N) is 2. The van der Waals surface area contributed by atoms with Gasteiger partial charge in [0.15, 0.2) is 0 Å². The predicted molar refractivity (Wildman–Crippen MR) is 348 cm³/mol. The van der Waals surface area contributed by atoms with Crippen molar-refractivity contribution in [2.75, 3.05) is 102 Å². The van der Waals surface area contributed by atoms with Gasteiger partial charge in [-0.25, -0.2) is 5.84 Å². The lowest BCUT2D eigenvalue weighted by atomic mass is 9.95. The molecule has 6 amide bonds. The third-order valence-corrected chi connectivity index (χ3v) is 15.3. The number of rotatable bonds is 32. The molecule has 1 atom stereocenters. The maximum Gasteiger partial charge on any atom is 0.321 e. The van der Waals surface area contributed by atoms with Gasteiger partial charge in [0.25, 0.3) is 11.8 Å². The summed E-state index contributed by atoms with van der Waals surface area (Å²) in [6.07, 6.45) is 7.80. The molecule has 4 aromatic carbocycles. The van der Waals surface area contributed by atoms with Crippen molar-refractivity contribution in [1.82, 2.24) is 21.0 Å². The monoisotopic (exact) mass is 1280 g/mol. The number of aliphatic hydroxyl groups is 1. The highest BCUT2D eigenvalue weighted by atomic mass is 32.5. The van der Waals surface area contributed by atoms with Crippen LogP contribution in [0.1, 0.15) is 122 Å². The second-order valence-electron chi connectivity index (χ2n) is 19.6. The van der Waals surface area contributed by atoms with Crippen molar-refractivity contribution in [2.45, 2.75) is 97.6 Å². The first-order chi connectivity index (χ1) is 42.7. The summed E-state index contributed by atoms with van der Waals surface area (Å²) in [4.78, 5) is 94.4. The highest BCUT2D eigenvalue weighted by Crippen LogP contribution is 2.38. The smallest absolute Gasteiger partial charge is 0.321 e. The number of hydrazine groups is 1. The van der Waals surface area contributed by atoms with E-state index >= 15 is 0 Å². The van der Waals surface area contributed by atoms with Crippen molar-refractivity contribution in [3.8, 4) is 0 Å². The summed E-state index contributed by atoms with van der Waals surface area (Å²) in [6.45, 7) is 7.56. The highest BCUT2D eigenvalue weighted by molar-refractivity contribution is 8.06. The average molecular weight is 1280 g/mol. The fourth-order valence-corrected chi connectivity index (χ4v) is 10.6. The summed E-state index contributed by atoms with van der Waals surface area (Å²) in [6, 6.07) is 28.7. The lowest BCUT2D eigenvalue weighted by molar-refractivity contribution is -0.122. The average Bonchev–Trinajstić information content (AvgIpc) is 1.04. The number of ether oxygens (including phenoxy) is 4. The molecule has 26 heteroatoms. The Labute approximate surface area is 525 Å². The van der Waals surface area contributed by atoms with Gasteiger partial charge in [-0.1, -0.05) is 88.2 Å². The molecule has 0 radical (unpaired) electrons. The van der Waals surface area contributed by atoms with E-state index in [2.05, 4.69) is 42.9 Å². The Hall–Kier alpha value is -6.71. The molecular weight excluding hydrogens is 1190 g/mol. The third kappa shape index (κ3) is 25.4. The molecule has 23 nitrogen and oxygen atoms in total. The molecule has 3 heterocycles. The van der Waals surface area contributed by atoms with Crippen molar-refractivity contribution < 1.29 is 67.1 Å². The van der Waals surface area contributed by atoms with E-state index < -0.39 is 18.7 Å². The largest absolute Gasteiger partial charge is 0.400 e. The number of nitrogens with one attached hydrogen (secondary N) is 5. The molecule has 12 N–H and O–H groups in total. The molecule has 1 saturated heterocycles. The Morgan fingerprint density at radius 1 is 0.784 bits per heavy atom. The van der Waals surface area contributed by atoms with E-state index in [4.69, 9.17) is 45.4 Å². The molecule has 2 aliphatic heterocycles. The molecule has 0 saturated carbocycles. The number of amides is 6.